The third-order valence-electron chi connectivity index (χ3n) is 2.73. The van der Waals surface area contributed by atoms with Gasteiger partial charge in [-0.3, -0.25) is 0 Å². The van der Waals surface area contributed by atoms with Crippen LogP contribution in [0.3, 0.4) is 0 Å². The third-order valence-corrected chi connectivity index (χ3v) is 2.73. The summed E-state index contributed by atoms with van der Waals surface area (Å²) in [5, 5.41) is 3.40. The van der Waals surface area contributed by atoms with E-state index in [0.29, 0.717) is 6.61 Å². The molecule has 20 heavy (non-hydrogen) atoms. The van der Waals surface area contributed by atoms with Crippen LogP contribution in [-0.4, -0.2) is 33.5 Å². The SMILES string of the molecule is CCOCCCNCc1cccc(OC)c1OCC.Cl. The fraction of sp³-hybridized carbons (Fsp3) is 0.600. The van der Waals surface area contributed by atoms with Crippen LogP contribution in [0.15, 0.2) is 18.2 Å². The lowest BCUT2D eigenvalue weighted by molar-refractivity contribution is 0.144. The van der Waals surface area contributed by atoms with Crippen LogP contribution >= 0.6 is 12.4 Å². The van der Waals surface area contributed by atoms with Crippen molar-refractivity contribution in [1.82, 2.24) is 5.32 Å². The molecule has 1 aromatic rings. The van der Waals surface area contributed by atoms with E-state index >= 15 is 0 Å². The summed E-state index contributed by atoms with van der Waals surface area (Å²) in [7, 11) is 1.66. The molecule has 1 aromatic carbocycles. The molecule has 0 bridgehead atoms. The Morgan fingerprint density at radius 3 is 2.60 bits per heavy atom. The van der Waals surface area contributed by atoms with Crippen molar-refractivity contribution in [1.29, 1.82) is 0 Å². The van der Waals surface area contributed by atoms with E-state index in [0.717, 1.165) is 49.8 Å². The molecule has 0 unspecified atom stereocenters. The Morgan fingerprint density at radius 2 is 1.95 bits per heavy atom. The van der Waals surface area contributed by atoms with Gasteiger partial charge in [-0.1, -0.05) is 12.1 Å². The summed E-state index contributed by atoms with van der Waals surface area (Å²) < 4.78 is 16.3. The summed E-state index contributed by atoms with van der Waals surface area (Å²) in [6.07, 6.45) is 1.02. The Balaban J connectivity index is 0.00000361. The Bertz CT molecular complexity index is 361. The average molecular weight is 304 g/mol. The van der Waals surface area contributed by atoms with Gasteiger partial charge in [0, 0.05) is 25.3 Å². The van der Waals surface area contributed by atoms with Crippen LogP contribution in [0.5, 0.6) is 11.5 Å². The molecule has 5 heteroatoms. The lowest BCUT2D eigenvalue weighted by atomic mass is 10.2. The Hall–Kier alpha value is -0.970. The standard InChI is InChI=1S/C15H25NO3.ClH/c1-4-18-11-7-10-16-12-13-8-6-9-14(17-3)15(13)19-5-2;/h6,8-9,16H,4-5,7,10-12H2,1-3H3;1H. The second-order valence-corrected chi connectivity index (χ2v) is 4.11. The molecule has 0 amide bonds. The first-order chi connectivity index (χ1) is 9.33. The van der Waals surface area contributed by atoms with Crippen LogP contribution < -0.4 is 14.8 Å². The van der Waals surface area contributed by atoms with Gasteiger partial charge in [-0.25, -0.2) is 0 Å². The molecule has 0 fully saturated rings. The number of ether oxygens (including phenoxy) is 3. The molecule has 0 atom stereocenters. The Morgan fingerprint density at radius 1 is 1.15 bits per heavy atom. The van der Waals surface area contributed by atoms with Crippen molar-refractivity contribution in [2.45, 2.75) is 26.8 Å². The van der Waals surface area contributed by atoms with Gasteiger partial charge in [0.15, 0.2) is 11.5 Å². The number of hydrogen-bond donors (Lipinski definition) is 1. The van der Waals surface area contributed by atoms with Crippen molar-refractivity contribution in [3.05, 3.63) is 23.8 Å². The minimum absolute atomic E-state index is 0. The van der Waals surface area contributed by atoms with Crippen molar-refractivity contribution >= 4 is 12.4 Å². The number of methoxy groups -OCH3 is 1. The summed E-state index contributed by atoms with van der Waals surface area (Å²) >= 11 is 0. The molecule has 1 rings (SSSR count). The van der Waals surface area contributed by atoms with E-state index in [1.165, 1.54) is 0 Å². The van der Waals surface area contributed by atoms with Gasteiger partial charge < -0.3 is 19.5 Å². The summed E-state index contributed by atoms with van der Waals surface area (Å²) in [4.78, 5) is 0. The number of benzene rings is 1. The molecule has 0 saturated heterocycles. The van der Waals surface area contributed by atoms with Gasteiger partial charge in [-0.15, -0.1) is 12.4 Å². The molecule has 0 aliphatic rings. The van der Waals surface area contributed by atoms with Crippen molar-refractivity contribution in [2.24, 2.45) is 0 Å². The highest BCUT2D eigenvalue weighted by molar-refractivity contribution is 5.85. The first-order valence-corrected chi connectivity index (χ1v) is 6.90. The predicted octanol–water partition coefficient (Wildman–Crippen LogP) is 3.03. The Kier molecular flexibility index (Phi) is 11.3. The maximum atomic E-state index is 5.66. The van der Waals surface area contributed by atoms with E-state index in [4.69, 9.17) is 14.2 Å². The van der Waals surface area contributed by atoms with Crippen LogP contribution in [0, 0.1) is 0 Å². The highest BCUT2D eigenvalue weighted by Crippen LogP contribution is 2.30. The molecular formula is C15H26ClNO3. The summed E-state index contributed by atoms with van der Waals surface area (Å²) in [5.41, 5.74) is 1.12. The highest BCUT2D eigenvalue weighted by Gasteiger charge is 2.09. The first-order valence-electron chi connectivity index (χ1n) is 6.90. The summed E-state index contributed by atoms with van der Waals surface area (Å²) in [6.45, 7) is 7.92. The average Bonchev–Trinajstić information content (AvgIpc) is 2.44. The molecular weight excluding hydrogens is 278 g/mol. The minimum Gasteiger partial charge on any atom is -0.493 e. The van der Waals surface area contributed by atoms with Crippen molar-refractivity contribution in [3.63, 3.8) is 0 Å². The molecule has 0 aromatic heterocycles. The summed E-state index contributed by atoms with van der Waals surface area (Å²) in [6, 6.07) is 5.96. The predicted molar refractivity (Wildman–Crippen MR) is 84.2 cm³/mol. The van der Waals surface area contributed by atoms with Crippen LogP contribution in [0.25, 0.3) is 0 Å². The first kappa shape index (κ1) is 19.0. The minimum atomic E-state index is 0. The van der Waals surface area contributed by atoms with Crippen molar-refractivity contribution < 1.29 is 14.2 Å². The number of hydrogen-bond acceptors (Lipinski definition) is 4. The quantitative estimate of drug-likeness (QED) is 0.675. The zero-order valence-electron chi connectivity index (χ0n) is 12.6. The van der Waals surface area contributed by atoms with Crippen molar-refractivity contribution in [3.8, 4) is 11.5 Å². The van der Waals surface area contributed by atoms with Gasteiger partial charge in [0.25, 0.3) is 0 Å². The van der Waals surface area contributed by atoms with E-state index in [1.807, 2.05) is 26.0 Å². The highest BCUT2D eigenvalue weighted by atomic mass is 35.5. The van der Waals surface area contributed by atoms with Crippen LogP contribution in [0.1, 0.15) is 25.8 Å². The molecule has 0 heterocycles. The van der Waals surface area contributed by atoms with E-state index in [-0.39, 0.29) is 12.4 Å². The normalized spacial score (nSPS) is 9.95. The lowest BCUT2D eigenvalue weighted by Gasteiger charge is -2.14. The van der Waals surface area contributed by atoms with Gasteiger partial charge in [0.2, 0.25) is 0 Å². The number of para-hydroxylation sites is 1. The second kappa shape index (κ2) is 11.8. The lowest BCUT2D eigenvalue weighted by Crippen LogP contribution is -2.17. The van der Waals surface area contributed by atoms with Crippen LogP contribution in [0.2, 0.25) is 0 Å². The largest absolute Gasteiger partial charge is 0.493 e. The number of nitrogens with one attached hydrogen (secondary N) is 1. The number of rotatable bonds is 10. The Labute approximate surface area is 128 Å². The molecule has 1 N–H and O–H groups in total. The molecule has 0 aliphatic carbocycles. The van der Waals surface area contributed by atoms with Crippen molar-refractivity contribution in [2.75, 3.05) is 33.5 Å². The zero-order chi connectivity index (χ0) is 13.9. The van der Waals surface area contributed by atoms with Gasteiger partial charge in [-0.2, -0.15) is 0 Å². The molecule has 4 nitrogen and oxygen atoms in total. The molecule has 0 spiro atoms. The zero-order valence-corrected chi connectivity index (χ0v) is 13.4. The van der Waals surface area contributed by atoms with E-state index < -0.39 is 0 Å². The molecule has 0 aliphatic heterocycles. The third kappa shape index (κ3) is 6.46. The van der Waals surface area contributed by atoms with Gasteiger partial charge in [0.1, 0.15) is 0 Å². The van der Waals surface area contributed by atoms with Gasteiger partial charge in [-0.05, 0) is 32.9 Å². The smallest absolute Gasteiger partial charge is 0.165 e. The molecule has 0 saturated carbocycles. The topological polar surface area (TPSA) is 39.7 Å². The molecule has 0 radical (unpaired) electrons. The number of halogens is 1. The maximum Gasteiger partial charge on any atom is 0.165 e. The van der Waals surface area contributed by atoms with Gasteiger partial charge >= 0.3 is 0 Å². The van der Waals surface area contributed by atoms with Crippen LogP contribution in [-0.2, 0) is 11.3 Å². The van der Waals surface area contributed by atoms with E-state index in [1.54, 1.807) is 7.11 Å². The maximum absolute atomic E-state index is 5.66. The van der Waals surface area contributed by atoms with E-state index in [2.05, 4.69) is 11.4 Å². The summed E-state index contributed by atoms with van der Waals surface area (Å²) in [5.74, 6) is 1.63. The second-order valence-electron chi connectivity index (χ2n) is 4.11. The van der Waals surface area contributed by atoms with Gasteiger partial charge in [0.05, 0.1) is 13.7 Å². The fourth-order valence-corrected chi connectivity index (χ4v) is 1.84. The monoisotopic (exact) mass is 303 g/mol. The van der Waals surface area contributed by atoms with E-state index in [9.17, 15) is 0 Å². The van der Waals surface area contributed by atoms with Crippen LogP contribution in [0.4, 0.5) is 0 Å². The fourth-order valence-electron chi connectivity index (χ4n) is 1.84. The molecule has 116 valence electrons.